The molecule has 0 N–H and O–H groups in total. The highest BCUT2D eigenvalue weighted by atomic mass is 16.7. The number of amides is 3. The highest BCUT2D eigenvalue weighted by Crippen LogP contribution is 2.22. The maximum atomic E-state index is 12.0. The quantitative estimate of drug-likeness (QED) is 0.763. The Bertz CT molecular complexity index is 549. The van der Waals surface area contributed by atoms with Crippen LogP contribution in [0.1, 0.15) is 33.6 Å². The lowest BCUT2D eigenvalue weighted by Gasteiger charge is -2.18. The Balaban J connectivity index is 1.61. The minimum absolute atomic E-state index is 0.0935. The summed E-state index contributed by atoms with van der Waals surface area (Å²) in [7, 11) is 0. The van der Waals surface area contributed by atoms with Crippen LogP contribution in [0.15, 0.2) is 24.3 Å². The van der Waals surface area contributed by atoms with Crippen LogP contribution >= 0.6 is 0 Å². The fraction of sp³-hybridized carbons (Fsp3) is 0.357. The summed E-state index contributed by atoms with van der Waals surface area (Å²) in [5.74, 6) is -0.798. The molecule has 1 fully saturated rings. The van der Waals surface area contributed by atoms with Gasteiger partial charge in [0.2, 0.25) is 5.91 Å². The highest BCUT2D eigenvalue weighted by molar-refractivity contribution is 6.20. The van der Waals surface area contributed by atoms with Gasteiger partial charge in [-0.25, -0.2) is 0 Å². The molecule has 20 heavy (non-hydrogen) atoms. The summed E-state index contributed by atoms with van der Waals surface area (Å²) in [4.78, 5) is 42.4. The first-order chi connectivity index (χ1) is 9.68. The normalized spacial score (nSPS) is 18.1. The van der Waals surface area contributed by atoms with Crippen LogP contribution in [0, 0.1) is 0 Å². The summed E-state index contributed by atoms with van der Waals surface area (Å²) in [5, 5.41) is 0.783. The summed E-state index contributed by atoms with van der Waals surface area (Å²) in [5.41, 5.74) is 0.712. The first-order valence-corrected chi connectivity index (χ1v) is 6.57. The number of carbonyl (C=O) groups is 3. The number of rotatable bonds is 4. The molecule has 0 bridgehead atoms. The van der Waals surface area contributed by atoms with Crippen molar-refractivity contribution in [3.8, 4) is 0 Å². The molecular formula is C14H14N2O4. The minimum Gasteiger partial charge on any atom is -0.340 e. The number of hydrogen-bond acceptors (Lipinski definition) is 4. The Hall–Kier alpha value is -2.21. The number of likely N-dealkylation sites (tertiary alicyclic amines) is 1. The van der Waals surface area contributed by atoms with Crippen molar-refractivity contribution < 1.29 is 19.2 Å². The minimum atomic E-state index is -0.446. The number of hydroxylamine groups is 2. The van der Waals surface area contributed by atoms with E-state index in [4.69, 9.17) is 4.84 Å². The topological polar surface area (TPSA) is 66.9 Å². The van der Waals surface area contributed by atoms with Crippen molar-refractivity contribution in [2.75, 3.05) is 19.7 Å². The van der Waals surface area contributed by atoms with E-state index in [9.17, 15) is 14.4 Å². The first-order valence-electron chi connectivity index (χ1n) is 6.57. The second-order valence-electron chi connectivity index (χ2n) is 4.77. The molecule has 3 rings (SSSR count). The van der Waals surface area contributed by atoms with Gasteiger partial charge in [0.1, 0.15) is 0 Å². The molecule has 1 aromatic rings. The van der Waals surface area contributed by atoms with Gasteiger partial charge in [-0.3, -0.25) is 19.2 Å². The van der Waals surface area contributed by atoms with Gasteiger partial charge in [0, 0.05) is 19.5 Å². The summed E-state index contributed by atoms with van der Waals surface area (Å²) >= 11 is 0. The van der Waals surface area contributed by atoms with Gasteiger partial charge in [-0.05, 0) is 18.6 Å². The molecule has 3 amide bonds. The van der Waals surface area contributed by atoms with Crippen LogP contribution in [0.4, 0.5) is 0 Å². The lowest BCUT2D eigenvalue weighted by atomic mass is 10.1. The highest BCUT2D eigenvalue weighted by Gasteiger charge is 2.36. The zero-order chi connectivity index (χ0) is 14.1. The number of hydrogen-bond donors (Lipinski definition) is 0. The van der Waals surface area contributed by atoms with Crippen LogP contribution in [0.3, 0.4) is 0 Å². The second kappa shape index (κ2) is 5.05. The van der Waals surface area contributed by atoms with Gasteiger partial charge >= 0.3 is 0 Å². The van der Waals surface area contributed by atoms with Crippen molar-refractivity contribution in [2.24, 2.45) is 0 Å². The van der Waals surface area contributed by atoms with Crippen LogP contribution in [-0.2, 0) is 9.63 Å². The Kier molecular flexibility index (Phi) is 3.23. The van der Waals surface area contributed by atoms with Crippen LogP contribution in [0.25, 0.3) is 0 Å². The van der Waals surface area contributed by atoms with Gasteiger partial charge in [0.15, 0.2) is 0 Å². The summed E-state index contributed by atoms with van der Waals surface area (Å²) in [6.45, 7) is 1.24. The Morgan fingerprint density at radius 3 is 2.25 bits per heavy atom. The maximum Gasteiger partial charge on any atom is 0.285 e. The Morgan fingerprint density at radius 2 is 1.70 bits per heavy atom. The average molecular weight is 274 g/mol. The molecule has 0 aliphatic carbocycles. The largest absolute Gasteiger partial charge is 0.340 e. The van der Waals surface area contributed by atoms with Gasteiger partial charge in [-0.15, -0.1) is 5.06 Å². The standard InChI is InChI=1S/C14H14N2O4/c17-12-6-3-7-15(12)8-9-20-16-13(18)10-4-1-2-5-11(10)14(16)19/h1-2,4-5H,3,6-9H2. The monoisotopic (exact) mass is 274 g/mol. The molecule has 2 aliphatic rings. The maximum absolute atomic E-state index is 12.0. The van der Waals surface area contributed by atoms with Crippen molar-refractivity contribution in [3.05, 3.63) is 35.4 Å². The van der Waals surface area contributed by atoms with Crippen LogP contribution in [-0.4, -0.2) is 47.4 Å². The van der Waals surface area contributed by atoms with E-state index < -0.39 is 11.8 Å². The summed E-state index contributed by atoms with van der Waals surface area (Å²) in [6.07, 6.45) is 1.42. The third-order valence-corrected chi connectivity index (χ3v) is 3.51. The van der Waals surface area contributed by atoms with E-state index in [-0.39, 0.29) is 12.5 Å². The van der Waals surface area contributed by atoms with E-state index in [1.165, 1.54) is 0 Å². The van der Waals surface area contributed by atoms with Gasteiger partial charge in [0.05, 0.1) is 17.7 Å². The van der Waals surface area contributed by atoms with Gasteiger partial charge < -0.3 is 4.90 Å². The lowest BCUT2D eigenvalue weighted by Crippen LogP contribution is -2.35. The number of benzene rings is 1. The van der Waals surface area contributed by atoms with E-state index in [2.05, 4.69) is 0 Å². The second-order valence-corrected chi connectivity index (χ2v) is 4.77. The molecule has 0 saturated carbocycles. The van der Waals surface area contributed by atoms with E-state index in [1.807, 2.05) is 0 Å². The van der Waals surface area contributed by atoms with E-state index >= 15 is 0 Å². The molecule has 0 aromatic heterocycles. The summed E-state index contributed by atoms with van der Waals surface area (Å²) in [6, 6.07) is 6.61. The molecule has 0 radical (unpaired) electrons. The number of carbonyl (C=O) groups excluding carboxylic acids is 3. The smallest absolute Gasteiger partial charge is 0.285 e. The fourth-order valence-electron chi connectivity index (χ4n) is 2.47. The molecule has 0 atom stereocenters. The molecule has 1 aromatic carbocycles. The van der Waals surface area contributed by atoms with E-state index in [0.717, 1.165) is 11.5 Å². The number of fused-ring (bicyclic) bond motifs is 1. The third-order valence-electron chi connectivity index (χ3n) is 3.51. The predicted molar refractivity (Wildman–Crippen MR) is 68.7 cm³/mol. The first kappa shape index (κ1) is 12.8. The molecule has 0 unspecified atom stereocenters. The molecule has 6 nitrogen and oxygen atoms in total. The zero-order valence-corrected chi connectivity index (χ0v) is 10.9. The van der Waals surface area contributed by atoms with E-state index in [1.54, 1.807) is 29.2 Å². The van der Waals surface area contributed by atoms with Crippen molar-refractivity contribution in [2.45, 2.75) is 12.8 Å². The molecule has 2 heterocycles. The van der Waals surface area contributed by atoms with Gasteiger partial charge in [0.25, 0.3) is 11.8 Å². The van der Waals surface area contributed by atoms with E-state index in [0.29, 0.717) is 30.6 Å². The van der Waals surface area contributed by atoms with Gasteiger partial charge in [-0.2, -0.15) is 0 Å². The molecule has 2 aliphatic heterocycles. The Labute approximate surface area is 115 Å². The molecule has 0 spiro atoms. The summed E-state index contributed by atoms with van der Waals surface area (Å²) < 4.78 is 0. The van der Waals surface area contributed by atoms with Crippen molar-refractivity contribution in [3.63, 3.8) is 0 Å². The SMILES string of the molecule is O=C1CCCN1CCON1C(=O)c2ccccc2C1=O. The third kappa shape index (κ3) is 2.08. The van der Waals surface area contributed by atoms with Crippen LogP contribution < -0.4 is 0 Å². The predicted octanol–water partition coefficient (Wildman–Crippen LogP) is 0.837. The van der Waals surface area contributed by atoms with Crippen LogP contribution in [0.2, 0.25) is 0 Å². The average Bonchev–Trinajstić information content (AvgIpc) is 2.97. The molecular weight excluding hydrogens is 260 g/mol. The molecule has 1 saturated heterocycles. The molecule has 104 valence electrons. The Morgan fingerprint density at radius 1 is 1.05 bits per heavy atom. The zero-order valence-electron chi connectivity index (χ0n) is 10.9. The van der Waals surface area contributed by atoms with Crippen molar-refractivity contribution >= 4 is 17.7 Å². The van der Waals surface area contributed by atoms with Crippen molar-refractivity contribution in [1.29, 1.82) is 0 Å². The molecule has 6 heteroatoms. The van der Waals surface area contributed by atoms with Crippen molar-refractivity contribution in [1.82, 2.24) is 9.96 Å². The van der Waals surface area contributed by atoms with Crippen LogP contribution in [0.5, 0.6) is 0 Å². The van der Waals surface area contributed by atoms with Gasteiger partial charge in [-0.1, -0.05) is 12.1 Å². The fourth-order valence-corrected chi connectivity index (χ4v) is 2.47. The lowest BCUT2D eigenvalue weighted by molar-refractivity contribution is -0.131. The number of imide groups is 1. The number of nitrogens with zero attached hydrogens (tertiary/aromatic N) is 2.